The lowest BCUT2D eigenvalue weighted by Crippen LogP contribution is -2.37. The number of aryl methyl sites for hydroxylation is 1. The summed E-state index contributed by atoms with van der Waals surface area (Å²) in [7, 11) is 1.71. The molecule has 27 heavy (non-hydrogen) atoms. The highest BCUT2D eigenvalue weighted by molar-refractivity contribution is 5.83. The summed E-state index contributed by atoms with van der Waals surface area (Å²) in [5, 5.41) is 12.0. The molecule has 1 aliphatic rings. The van der Waals surface area contributed by atoms with Gasteiger partial charge in [0.05, 0.1) is 18.8 Å². The van der Waals surface area contributed by atoms with Crippen LogP contribution < -0.4 is 14.8 Å². The first-order valence-electron chi connectivity index (χ1n) is 9.68. The largest absolute Gasteiger partial charge is 0.497 e. The van der Waals surface area contributed by atoms with Gasteiger partial charge in [-0.1, -0.05) is 12.1 Å². The van der Waals surface area contributed by atoms with E-state index >= 15 is 0 Å². The first-order chi connectivity index (χ1) is 13.2. The molecule has 1 saturated carbocycles. The van der Waals surface area contributed by atoms with E-state index in [-0.39, 0.29) is 6.10 Å². The van der Waals surface area contributed by atoms with Crippen LogP contribution in [0, 0.1) is 6.92 Å². The second-order valence-electron chi connectivity index (χ2n) is 7.36. The summed E-state index contributed by atoms with van der Waals surface area (Å²) >= 11 is 0. The van der Waals surface area contributed by atoms with E-state index in [4.69, 9.17) is 9.47 Å². The minimum absolute atomic E-state index is 0.254. The number of hydrogen-bond donors (Lipinski definition) is 2. The number of nitrogens with one attached hydrogen (secondary N) is 2. The van der Waals surface area contributed by atoms with Crippen molar-refractivity contribution < 1.29 is 9.47 Å². The smallest absolute Gasteiger partial charge is 0.123 e. The number of benzene rings is 2. The van der Waals surface area contributed by atoms with Crippen LogP contribution in [0.25, 0.3) is 10.9 Å². The number of rotatable bonds is 6. The molecule has 0 saturated heterocycles. The van der Waals surface area contributed by atoms with Crippen LogP contribution in [-0.2, 0) is 6.54 Å². The maximum Gasteiger partial charge on any atom is 0.123 e. The monoisotopic (exact) mass is 365 g/mol. The predicted molar refractivity (Wildman–Crippen MR) is 107 cm³/mol. The Bertz CT molecular complexity index is 905. The van der Waals surface area contributed by atoms with Crippen molar-refractivity contribution in [1.82, 2.24) is 15.5 Å². The Morgan fingerprint density at radius 3 is 3.04 bits per heavy atom. The zero-order chi connectivity index (χ0) is 18.6. The van der Waals surface area contributed by atoms with Crippen LogP contribution in [0.3, 0.4) is 0 Å². The average molecular weight is 365 g/mol. The molecule has 0 radical (unpaired) electrons. The van der Waals surface area contributed by atoms with Crippen LogP contribution in [-0.4, -0.2) is 29.5 Å². The molecule has 1 aromatic heterocycles. The summed E-state index contributed by atoms with van der Waals surface area (Å²) < 4.78 is 11.7. The third kappa shape index (κ3) is 4.08. The van der Waals surface area contributed by atoms with E-state index in [1.54, 1.807) is 7.11 Å². The van der Waals surface area contributed by atoms with Gasteiger partial charge < -0.3 is 14.8 Å². The summed E-state index contributed by atoms with van der Waals surface area (Å²) in [5.41, 5.74) is 3.47. The summed E-state index contributed by atoms with van der Waals surface area (Å²) in [4.78, 5) is 0. The summed E-state index contributed by atoms with van der Waals surface area (Å²) in [5.74, 6) is 1.88. The number of aromatic nitrogens is 2. The zero-order valence-corrected chi connectivity index (χ0v) is 16.0. The van der Waals surface area contributed by atoms with Crippen LogP contribution >= 0.6 is 0 Å². The molecule has 2 unspecified atom stereocenters. The van der Waals surface area contributed by atoms with Gasteiger partial charge in [-0.05, 0) is 62.4 Å². The minimum atomic E-state index is 0.254. The van der Waals surface area contributed by atoms with E-state index in [0.29, 0.717) is 6.04 Å². The van der Waals surface area contributed by atoms with Crippen molar-refractivity contribution in [3.8, 4) is 11.5 Å². The standard InChI is InChI=1S/C22H27N3O2/c1-15-20-14-24-25-21(20)9-10-22(15)27-19-8-4-6-17(12-19)23-13-16-5-3-7-18(11-16)26-2/h3,5,7,9-11,14,17,19,23H,4,6,8,12-13H2,1-2H3,(H,24,25). The fourth-order valence-electron chi connectivity index (χ4n) is 3.93. The first kappa shape index (κ1) is 17.9. The molecule has 0 aliphatic heterocycles. The van der Waals surface area contributed by atoms with E-state index in [1.807, 2.05) is 24.4 Å². The van der Waals surface area contributed by atoms with Crippen LogP contribution in [0.2, 0.25) is 0 Å². The van der Waals surface area contributed by atoms with Crippen LogP contribution in [0.15, 0.2) is 42.6 Å². The van der Waals surface area contributed by atoms with Gasteiger partial charge in [-0.2, -0.15) is 5.10 Å². The minimum Gasteiger partial charge on any atom is -0.497 e. The maximum atomic E-state index is 6.38. The first-order valence-corrected chi connectivity index (χ1v) is 9.68. The normalized spacial score (nSPS) is 19.9. The van der Waals surface area contributed by atoms with Crippen LogP contribution in [0.1, 0.15) is 36.8 Å². The van der Waals surface area contributed by atoms with Gasteiger partial charge in [0.25, 0.3) is 0 Å². The lowest BCUT2D eigenvalue weighted by atomic mass is 9.92. The zero-order valence-electron chi connectivity index (χ0n) is 16.0. The quantitative estimate of drug-likeness (QED) is 0.681. The molecule has 2 N–H and O–H groups in total. The topological polar surface area (TPSA) is 59.2 Å². The lowest BCUT2D eigenvalue weighted by molar-refractivity contribution is 0.133. The van der Waals surface area contributed by atoms with Gasteiger partial charge in [-0.3, -0.25) is 5.10 Å². The molecule has 0 bridgehead atoms. The van der Waals surface area contributed by atoms with E-state index in [9.17, 15) is 0 Å². The van der Waals surface area contributed by atoms with Gasteiger partial charge in [-0.25, -0.2) is 0 Å². The van der Waals surface area contributed by atoms with Crippen molar-refractivity contribution in [2.75, 3.05) is 7.11 Å². The van der Waals surface area contributed by atoms with Gasteiger partial charge >= 0.3 is 0 Å². The number of methoxy groups -OCH3 is 1. The van der Waals surface area contributed by atoms with E-state index in [1.165, 1.54) is 18.4 Å². The molecule has 0 spiro atoms. The molecular weight excluding hydrogens is 338 g/mol. The van der Waals surface area contributed by atoms with E-state index < -0.39 is 0 Å². The van der Waals surface area contributed by atoms with Crippen molar-refractivity contribution in [2.24, 2.45) is 0 Å². The number of H-pyrrole nitrogens is 1. The Morgan fingerprint density at radius 2 is 2.15 bits per heavy atom. The fourth-order valence-corrected chi connectivity index (χ4v) is 3.93. The molecule has 0 amide bonds. The van der Waals surface area contributed by atoms with Gasteiger partial charge in [0, 0.05) is 23.5 Å². The van der Waals surface area contributed by atoms with Gasteiger partial charge in [0.1, 0.15) is 17.6 Å². The van der Waals surface area contributed by atoms with Crippen LogP contribution in [0.4, 0.5) is 0 Å². The summed E-state index contributed by atoms with van der Waals surface area (Å²) in [6.45, 7) is 2.96. The van der Waals surface area contributed by atoms with Crippen molar-refractivity contribution in [3.63, 3.8) is 0 Å². The molecule has 1 aliphatic carbocycles. The third-order valence-electron chi connectivity index (χ3n) is 5.49. The Balaban J connectivity index is 1.36. The Hall–Kier alpha value is -2.53. The molecule has 5 heteroatoms. The molecule has 2 atom stereocenters. The molecular formula is C22H27N3O2. The molecule has 1 fully saturated rings. The highest BCUT2D eigenvalue weighted by Gasteiger charge is 2.23. The number of ether oxygens (including phenoxy) is 2. The summed E-state index contributed by atoms with van der Waals surface area (Å²) in [6.07, 6.45) is 6.66. The van der Waals surface area contributed by atoms with Gasteiger partial charge in [-0.15, -0.1) is 0 Å². The van der Waals surface area contributed by atoms with Crippen molar-refractivity contribution >= 4 is 10.9 Å². The van der Waals surface area contributed by atoms with Crippen molar-refractivity contribution in [1.29, 1.82) is 0 Å². The number of hydrogen-bond acceptors (Lipinski definition) is 4. The van der Waals surface area contributed by atoms with E-state index in [2.05, 4.69) is 40.6 Å². The Morgan fingerprint density at radius 1 is 1.22 bits per heavy atom. The average Bonchev–Trinajstić information content (AvgIpc) is 3.19. The number of fused-ring (bicyclic) bond motifs is 1. The lowest BCUT2D eigenvalue weighted by Gasteiger charge is -2.31. The van der Waals surface area contributed by atoms with Crippen molar-refractivity contribution in [2.45, 2.75) is 51.3 Å². The molecule has 1 heterocycles. The fraction of sp³-hybridized carbons (Fsp3) is 0.409. The Labute approximate surface area is 160 Å². The Kier molecular flexibility index (Phi) is 5.30. The van der Waals surface area contributed by atoms with Gasteiger partial charge in [0.15, 0.2) is 0 Å². The second kappa shape index (κ2) is 8.01. The number of aromatic amines is 1. The molecule has 4 rings (SSSR count). The maximum absolute atomic E-state index is 6.38. The van der Waals surface area contributed by atoms with Crippen LogP contribution in [0.5, 0.6) is 11.5 Å². The SMILES string of the molecule is COc1cccc(CNC2CCCC(Oc3ccc4[nH]ncc4c3C)C2)c1. The van der Waals surface area contributed by atoms with Crippen molar-refractivity contribution in [3.05, 3.63) is 53.7 Å². The molecule has 3 aromatic rings. The highest BCUT2D eigenvalue weighted by atomic mass is 16.5. The van der Waals surface area contributed by atoms with Gasteiger partial charge in [0.2, 0.25) is 0 Å². The highest BCUT2D eigenvalue weighted by Crippen LogP contribution is 2.30. The molecule has 5 nitrogen and oxygen atoms in total. The number of nitrogens with zero attached hydrogens (tertiary/aromatic N) is 1. The molecule has 142 valence electrons. The van der Waals surface area contributed by atoms with E-state index in [0.717, 1.165) is 47.4 Å². The third-order valence-corrected chi connectivity index (χ3v) is 5.49. The predicted octanol–water partition coefficient (Wildman–Crippen LogP) is 4.36. The summed E-state index contributed by atoms with van der Waals surface area (Å²) in [6, 6.07) is 12.8. The second-order valence-corrected chi connectivity index (χ2v) is 7.36. The molecule has 2 aromatic carbocycles.